The van der Waals surface area contributed by atoms with Crippen molar-refractivity contribution in [3.05, 3.63) is 87.1 Å². The first-order valence-corrected chi connectivity index (χ1v) is 17.9. The van der Waals surface area contributed by atoms with E-state index in [2.05, 4.69) is 4.99 Å². The van der Waals surface area contributed by atoms with E-state index in [4.69, 9.17) is 18.9 Å². The summed E-state index contributed by atoms with van der Waals surface area (Å²) >= 11 is 0. The maximum atomic E-state index is 13.4. The van der Waals surface area contributed by atoms with Gasteiger partial charge in [0.2, 0.25) is 11.3 Å². The highest BCUT2D eigenvalue weighted by molar-refractivity contribution is 5.90. The Balaban J connectivity index is 1.24. The second kappa shape index (κ2) is 14.5. The molecule has 1 aromatic heterocycles. The fraction of sp³-hybridized carbons (Fsp3) is 0.487. The number of aromatic hydroxyl groups is 1. The molecule has 13 heteroatoms. The Hall–Kier alpha value is -3.92. The predicted octanol–water partition coefficient (Wildman–Crippen LogP) is 1.83. The van der Waals surface area contributed by atoms with Crippen LogP contribution >= 0.6 is 0 Å². The third-order valence-electron chi connectivity index (χ3n) is 11.2. The Labute approximate surface area is 300 Å². The number of phenolic OH excluding ortho intramolecular Hbond substituents is 1. The zero-order valence-corrected chi connectivity index (χ0v) is 29.3. The number of fused-ring (bicyclic) bond motifs is 3. The molecule has 13 nitrogen and oxygen atoms in total. The van der Waals surface area contributed by atoms with Gasteiger partial charge in [0.15, 0.2) is 11.2 Å². The van der Waals surface area contributed by atoms with Gasteiger partial charge in [0.05, 0.1) is 12.0 Å². The van der Waals surface area contributed by atoms with Gasteiger partial charge in [-0.3, -0.25) is 14.7 Å². The zero-order valence-electron chi connectivity index (χ0n) is 29.3. The van der Waals surface area contributed by atoms with Gasteiger partial charge in [0, 0.05) is 42.2 Å². The van der Waals surface area contributed by atoms with Crippen LogP contribution in [0.25, 0.3) is 11.0 Å². The molecule has 2 aromatic carbocycles. The normalized spacial score (nSPS) is 25.8. The molecular weight excluding hydrogens is 672 g/mol. The zero-order chi connectivity index (χ0) is 36.8. The first kappa shape index (κ1) is 36.4. The van der Waals surface area contributed by atoms with Gasteiger partial charge in [-0.05, 0) is 56.5 Å². The second-order valence-corrected chi connectivity index (χ2v) is 14.8. The summed E-state index contributed by atoms with van der Waals surface area (Å²) in [5.74, 6) is 1.17. The molecule has 52 heavy (non-hydrogen) atoms. The van der Waals surface area contributed by atoms with Gasteiger partial charge < -0.3 is 39.8 Å². The summed E-state index contributed by atoms with van der Waals surface area (Å²) in [5, 5.41) is 63.3. The van der Waals surface area contributed by atoms with E-state index in [1.54, 1.807) is 31.3 Å². The van der Waals surface area contributed by atoms with E-state index >= 15 is 0 Å². The van der Waals surface area contributed by atoms with E-state index in [1.807, 2.05) is 19.2 Å². The number of benzene rings is 2. The van der Waals surface area contributed by atoms with Crippen molar-refractivity contribution in [2.75, 3.05) is 19.8 Å². The molecule has 0 saturated heterocycles. The van der Waals surface area contributed by atoms with Crippen LogP contribution < -0.4 is 15.1 Å². The minimum absolute atomic E-state index is 0.00278. The summed E-state index contributed by atoms with van der Waals surface area (Å²) in [6, 6.07) is 9.18. The van der Waals surface area contributed by atoms with Crippen LogP contribution in [0.5, 0.6) is 11.5 Å². The number of nitrogens with one attached hydrogen (secondary N) is 1. The number of aliphatic hydroxyl groups excluding tert-OH is 4. The predicted molar refractivity (Wildman–Crippen MR) is 189 cm³/mol. The van der Waals surface area contributed by atoms with Crippen molar-refractivity contribution < 1.29 is 54.5 Å². The van der Waals surface area contributed by atoms with Crippen LogP contribution in [0.4, 0.5) is 5.69 Å². The van der Waals surface area contributed by atoms with Gasteiger partial charge >= 0.3 is 0 Å². The van der Waals surface area contributed by atoms with E-state index in [0.717, 1.165) is 59.5 Å². The van der Waals surface area contributed by atoms with E-state index in [1.165, 1.54) is 18.2 Å². The average molecular weight is 720 g/mol. The number of allylic oxidation sites excluding steroid dienone is 1. The molecule has 0 spiro atoms. The van der Waals surface area contributed by atoms with Crippen LogP contribution in [0.3, 0.4) is 0 Å². The van der Waals surface area contributed by atoms with Crippen LogP contribution in [0, 0.1) is 12.8 Å². The van der Waals surface area contributed by atoms with E-state index in [-0.39, 0.29) is 29.9 Å². The maximum absolute atomic E-state index is 13.4. The van der Waals surface area contributed by atoms with Crippen LogP contribution in [-0.4, -0.2) is 92.2 Å². The molecule has 4 heterocycles. The summed E-state index contributed by atoms with van der Waals surface area (Å²) in [5.41, 5.74) is 1.02. The molecule has 4 aliphatic rings. The molecule has 1 saturated carbocycles. The van der Waals surface area contributed by atoms with Crippen molar-refractivity contribution in [3.63, 3.8) is 0 Å². The highest BCUT2D eigenvalue weighted by Crippen LogP contribution is 2.48. The lowest BCUT2D eigenvalue weighted by Crippen LogP contribution is -3.01. The largest absolute Gasteiger partial charge is 0.508 e. The van der Waals surface area contributed by atoms with Crippen LogP contribution in [0.15, 0.2) is 74.1 Å². The van der Waals surface area contributed by atoms with E-state index in [9.17, 15) is 35.4 Å². The Morgan fingerprint density at radius 2 is 1.87 bits per heavy atom. The fourth-order valence-corrected chi connectivity index (χ4v) is 8.14. The number of rotatable bonds is 12. The Bertz CT molecular complexity index is 1950. The second-order valence-electron chi connectivity index (χ2n) is 14.8. The number of aliphatic imine (C=N–C) groups is 1. The molecule has 7 N–H and O–H groups in total. The molecular formula is C39H47N2O11+. The van der Waals surface area contributed by atoms with E-state index in [0.29, 0.717) is 34.6 Å². The molecule has 7 rings (SSSR count). The molecule has 1 aliphatic carbocycles. The van der Waals surface area contributed by atoms with E-state index < -0.39 is 48.8 Å². The summed E-state index contributed by atoms with van der Waals surface area (Å²) in [6.07, 6.45) is 4.38. The van der Waals surface area contributed by atoms with Crippen molar-refractivity contribution in [2.45, 2.75) is 94.4 Å². The Kier molecular flexibility index (Phi) is 10.1. The van der Waals surface area contributed by atoms with Gasteiger partial charge in [-0.25, -0.2) is 9.78 Å². The maximum Gasteiger partial charge on any atom is 0.222 e. The van der Waals surface area contributed by atoms with Gasteiger partial charge in [-0.2, -0.15) is 0 Å². The van der Waals surface area contributed by atoms with Crippen molar-refractivity contribution >= 4 is 22.9 Å². The molecule has 0 bridgehead atoms. The minimum Gasteiger partial charge on any atom is -0.508 e. The third kappa shape index (κ3) is 6.83. The first-order chi connectivity index (χ1) is 24.9. The number of ether oxygens (including phenoxy) is 1. The Morgan fingerprint density at radius 3 is 2.58 bits per heavy atom. The van der Waals surface area contributed by atoms with Crippen molar-refractivity contribution in [2.24, 2.45) is 10.9 Å². The van der Waals surface area contributed by atoms with Gasteiger partial charge in [0.1, 0.15) is 72.2 Å². The molecule has 0 radical (unpaired) electrons. The number of phenols is 1. The minimum atomic E-state index is -2.21. The fourth-order valence-electron chi connectivity index (χ4n) is 8.14. The molecule has 3 aromatic rings. The Morgan fingerprint density at radius 1 is 1.12 bits per heavy atom. The van der Waals surface area contributed by atoms with Gasteiger partial charge in [-0.15, -0.1) is 0 Å². The van der Waals surface area contributed by atoms with Gasteiger partial charge in [0.25, 0.3) is 0 Å². The summed E-state index contributed by atoms with van der Waals surface area (Å²) in [7, 11) is 0. The number of hydrogen-bond donors (Lipinski definition) is 7. The van der Waals surface area contributed by atoms with Crippen LogP contribution in [0.1, 0.15) is 55.9 Å². The smallest absolute Gasteiger partial charge is 0.222 e. The molecule has 7 unspecified atom stereocenters. The van der Waals surface area contributed by atoms with Crippen molar-refractivity contribution in [3.8, 4) is 11.5 Å². The quantitative estimate of drug-likeness (QED) is 0.107. The number of aryl methyl sites for hydroxylation is 1. The molecule has 7 atom stereocenters. The number of quaternary nitrogens is 1. The lowest BCUT2D eigenvalue weighted by Gasteiger charge is -2.47. The third-order valence-corrected chi connectivity index (χ3v) is 11.2. The van der Waals surface area contributed by atoms with Crippen LogP contribution in [0.2, 0.25) is 0 Å². The van der Waals surface area contributed by atoms with Crippen molar-refractivity contribution in [1.29, 1.82) is 0 Å². The lowest BCUT2D eigenvalue weighted by atomic mass is 9.72. The average Bonchev–Trinajstić information content (AvgIpc) is 3.75. The number of aliphatic hydroxyl groups is 5. The molecule has 0 amide bonds. The molecule has 1 fully saturated rings. The summed E-state index contributed by atoms with van der Waals surface area (Å²) < 4.78 is 13.4. The first-order valence-electron chi connectivity index (χ1n) is 17.9. The number of hydrogen-bond acceptors (Lipinski definition) is 12. The topological polar surface area (TPSA) is 196 Å². The molecule has 3 aliphatic heterocycles. The highest BCUT2D eigenvalue weighted by Gasteiger charge is 2.52. The summed E-state index contributed by atoms with van der Waals surface area (Å²) in [4.78, 5) is 30.8. The standard InChI is InChI=1S/C39H46N2O11/c1-22-14-30(44)28-15-25-16-32(52-49-21-39(48,37(47)34(46)31(45)20-42)17-23-8-10-27(43)11-9-23)38(2,26-6-4-3-5-7-26)51-35(25)33(36(28)50-22)41-18-24-12-13-40-29(24)19-41/h8-15,19,26,31-32,34,37,42-43,45-48H,3-7,16-18,20-21H2,1-2H3/p+1. The monoisotopic (exact) mass is 719 g/mol. The highest BCUT2D eigenvalue weighted by atomic mass is 17.2. The van der Waals surface area contributed by atoms with Crippen molar-refractivity contribution in [1.82, 2.24) is 0 Å². The SMILES string of the molecule is Cc1cc(=O)c2cc3c(c([NH+]4C=C5N=CC=C5C4)c2o1)OC(C)(C1CCCCC1)C(OOCC(O)(Cc1ccc(O)cc1)C(O)C(O)C(O)CO)C3. The lowest BCUT2D eigenvalue weighted by molar-refractivity contribution is -0.763. The number of nitrogens with zero attached hydrogens (tertiary/aromatic N) is 1. The molecule has 278 valence electrons. The van der Waals surface area contributed by atoms with Crippen LogP contribution in [-0.2, 0) is 22.6 Å². The van der Waals surface area contributed by atoms with Gasteiger partial charge in [-0.1, -0.05) is 31.4 Å². The summed E-state index contributed by atoms with van der Waals surface area (Å²) in [6.45, 7) is 2.86.